The molecule has 0 aliphatic rings. The highest BCUT2D eigenvalue weighted by Crippen LogP contribution is 2.31. The fourth-order valence-electron chi connectivity index (χ4n) is 3.18. The van der Waals surface area contributed by atoms with Gasteiger partial charge in [-0.3, -0.25) is 14.2 Å². The van der Waals surface area contributed by atoms with Crippen LogP contribution in [-0.4, -0.2) is 27.8 Å². The first kappa shape index (κ1) is 20.3. The van der Waals surface area contributed by atoms with E-state index in [-0.39, 0.29) is 11.7 Å². The van der Waals surface area contributed by atoms with Crippen LogP contribution in [0, 0.1) is 6.92 Å². The van der Waals surface area contributed by atoms with Gasteiger partial charge in [0.1, 0.15) is 11.5 Å². The maximum absolute atomic E-state index is 13.2. The molecule has 0 radical (unpaired) electrons. The molecule has 0 saturated heterocycles. The summed E-state index contributed by atoms with van der Waals surface area (Å²) in [6.07, 6.45) is 0.312. The van der Waals surface area contributed by atoms with Gasteiger partial charge in [0, 0.05) is 27.5 Å². The van der Waals surface area contributed by atoms with Crippen LogP contribution in [0.5, 0.6) is 5.75 Å². The highest BCUT2D eigenvalue weighted by molar-refractivity contribution is 14.1. The van der Waals surface area contributed by atoms with Gasteiger partial charge < -0.3 is 4.74 Å². The Morgan fingerprint density at radius 2 is 1.78 bits per heavy atom. The zero-order valence-electron chi connectivity index (χ0n) is 15.1. The summed E-state index contributed by atoms with van der Waals surface area (Å²) in [7, 11) is 1.61. The van der Waals surface area contributed by atoms with Crippen LogP contribution in [0.25, 0.3) is 10.9 Å². The number of fused-ring (bicyclic) bond motifs is 1. The summed E-state index contributed by atoms with van der Waals surface area (Å²) in [5.74, 6) is 0.761. The number of methoxy groups -OCH3 is 1. The van der Waals surface area contributed by atoms with E-state index in [4.69, 9.17) is 4.74 Å². The number of aromatic nitrogens is 1. The lowest BCUT2D eigenvalue weighted by Gasteiger charge is -2.08. The molecule has 0 fully saturated rings. The number of Topliss-reactive ketones (excluding diaryl/α,β-unsaturated/α-hetero) is 1. The summed E-state index contributed by atoms with van der Waals surface area (Å²) in [4.78, 5) is 25.4. The van der Waals surface area contributed by atoms with Gasteiger partial charge in [0.25, 0.3) is 5.91 Å². The maximum atomic E-state index is 13.2. The molecule has 0 amide bonds. The number of carbonyl (C=O) groups excluding carboxylic acids is 2. The number of ether oxygens (including phenoxy) is 1. The number of hydrogen-bond acceptors (Lipinski definition) is 3. The molecule has 0 saturated carbocycles. The van der Waals surface area contributed by atoms with E-state index in [1.165, 1.54) is 5.56 Å². The third kappa shape index (κ3) is 4.06. The van der Waals surface area contributed by atoms with E-state index < -0.39 is 0 Å². The van der Waals surface area contributed by atoms with Crippen LogP contribution in [0.2, 0.25) is 0 Å². The van der Waals surface area contributed by atoms with Crippen LogP contribution in [0.15, 0.2) is 42.5 Å². The standard InChI is InChI=1S/C21H19I2NO3/c1-13-18(9-16(25)12-23)19-10-17(27-2)7-8-20(19)24(13)21(26)15-5-3-14(11-22)4-6-15/h3-8,10H,9,11-12H2,1-2H3. The third-order valence-corrected chi connectivity index (χ3v) is 6.35. The second kappa shape index (κ2) is 8.72. The molecule has 1 heterocycles. The maximum Gasteiger partial charge on any atom is 0.262 e. The Kier molecular flexibility index (Phi) is 6.56. The Bertz CT molecular complexity index is 1010. The van der Waals surface area contributed by atoms with Gasteiger partial charge >= 0.3 is 0 Å². The summed E-state index contributed by atoms with van der Waals surface area (Å²) < 4.78 is 8.41. The molecule has 3 aromatic rings. The Labute approximate surface area is 185 Å². The van der Waals surface area contributed by atoms with Crippen LogP contribution < -0.4 is 4.74 Å². The molecule has 0 atom stereocenters. The van der Waals surface area contributed by atoms with Crippen molar-refractivity contribution in [1.82, 2.24) is 4.57 Å². The van der Waals surface area contributed by atoms with E-state index >= 15 is 0 Å². The largest absolute Gasteiger partial charge is 0.497 e. The van der Waals surface area contributed by atoms with Gasteiger partial charge in [-0.05, 0) is 48.4 Å². The number of hydrogen-bond donors (Lipinski definition) is 0. The number of nitrogens with zero attached hydrogens (tertiary/aromatic N) is 1. The zero-order chi connectivity index (χ0) is 19.6. The van der Waals surface area contributed by atoms with Crippen molar-refractivity contribution >= 4 is 67.8 Å². The molecule has 140 valence electrons. The van der Waals surface area contributed by atoms with Crippen LogP contribution in [0.1, 0.15) is 27.2 Å². The summed E-state index contributed by atoms with van der Waals surface area (Å²) in [6.45, 7) is 1.90. The van der Waals surface area contributed by atoms with Crippen LogP contribution in [-0.2, 0) is 15.6 Å². The highest BCUT2D eigenvalue weighted by atomic mass is 127. The van der Waals surface area contributed by atoms with E-state index in [2.05, 4.69) is 45.2 Å². The van der Waals surface area contributed by atoms with Crippen molar-refractivity contribution in [3.05, 3.63) is 64.8 Å². The van der Waals surface area contributed by atoms with Crippen molar-refractivity contribution < 1.29 is 14.3 Å². The molecule has 0 spiro atoms. The van der Waals surface area contributed by atoms with Gasteiger partial charge in [-0.1, -0.05) is 57.3 Å². The molecule has 3 rings (SSSR count). The molecule has 0 aliphatic carbocycles. The SMILES string of the molecule is COc1ccc2c(c1)c(CC(=O)CI)c(C)n2C(=O)c1ccc(CI)cc1. The minimum absolute atomic E-state index is 0.0872. The van der Waals surface area contributed by atoms with E-state index in [0.29, 0.717) is 22.2 Å². The van der Waals surface area contributed by atoms with E-state index in [0.717, 1.165) is 26.6 Å². The third-order valence-electron chi connectivity index (χ3n) is 4.62. The first-order valence-corrected chi connectivity index (χ1v) is 11.5. The molecular weight excluding hydrogens is 568 g/mol. The van der Waals surface area contributed by atoms with Crippen molar-refractivity contribution in [1.29, 1.82) is 0 Å². The first-order chi connectivity index (χ1) is 13.0. The molecule has 0 N–H and O–H groups in total. The van der Waals surface area contributed by atoms with Crippen LogP contribution >= 0.6 is 45.2 Å². The summed E-state index contributed by atoms with van der Waals surface area (Å²) in [5.41, 5.74) is 4.31. The summed E-state index contributed by atoms with van der Waals surface area (Å²) >= 11 is 4.38. The second-order valence-corrected chi connectivity index (χ2v) is 7.79. The number of rotatable bonds is 6. The molecule has 0 unspecified atom stereocenters. The van der Waals surface area contributed by atoms with Crippen molar-refractivity contribution in [2.24, 2.45) is 0 Å². The van der Waals surface area contributed by atoms with Crippen LogP contribution in [0.3, 0.4) is 0 Å². The quantitative estimate of drug-likeness (QED) is 0.297. The Balaban J connectivity index is 2.17. The zero-order valence-corrected chi connectivity index (χ0v) is 19.4. The Hall–Kier alpha value is -1.42. The lowest BCUT2D eigenvalue weighted by molar-refractivity contribution is -0.115. The number of halogens is 2. The summed E-state index contributed by atoms with van der Waals surface area (Å²) in [6, 6.07) is 13.3. The van der Waals surface area contributed by atoms with Gasteiger partial charge in [-0.2, -0.15) is 0 Å². The average Bonchev–Trinajstić information content (AvgIpc) is 2.98. The first-order valence-electron chi connectivity index (χ1n) is 8.45. The number of benzene rings is 2. The smallest absolute Gasteiger partial charge is 0.262 e. The minimum atomic E-state index is -0.0872. The molecule has 2 aromatic carbocycles. The lowest BCUT2D eigenvalue weighted by atomic mass is 10.1. The molecule has 1 aromatic heterocycles. The molecule has 6 heteroatoms. The minimum Gasteiger partial charge on any atom is -0.497 e. The van der Waals surface area contributed by atoms with Gasteiger partial charge in [-0.25, -0.2) is 0 Å². The van der Waals surface area contributed by atoms with Gasteiger partial charge in [0.15, 0.2) is 0 Å². The average molecular weight is 587 g/mol. The van der Waals surface area contributed by atoms with Crippen molar-refractivity contribution in [3.63, 3.8) is 0 Å². The molecule has 4 nitrogen and oxygen atoms in total. The second-order valence-electron chi connectivity index (χ2n) is 6.27. The molecule has 0 bridgehead atoms. The highest BCUT2D eigenvalue weighted by Gasteiger charge is 2.21. The topological polar surface area (TPSA) is 48.3 Å². The fourth-order valence-corrected chi connectivity index (χ4v) is 3.96. The molecule has 27 heavy (non-hydrogen) atoms. The van der Waals surface area contributed by atoms with Gasteiger partial charge in [-0.15, -0.1) is 0 Å². The van der Waals surface area contributed by atoms with Crippen molar-refractivity contribution in [2.75, 3.05) is 11.5 Å². The number of ketones is 1. The fraction of sp³-hybridized carbons (Fsp3) is 0.238. The number of carbonyl (C=O) groups is 2. The summed E-state index contributed by atoms with van der Waals surface area (Å²) in [5, 5.41) is 0.891. The van der Waals surface area contributed by atoms with E-state index in [1.807, 2.05) is 49.4 Å². The lowest BCUT2D eigenvalue weighted by Crippen LogP contribution is -2.14. The number of alkyl halides is 2. The van der Waals surface area contributed by atoms with Gasteiger partial charge in [0.05, 0.1) is 17.1 Å². The molecular formula is C21H19I2NO3. The molecule has 0 aliphatic heterocycles. The van der Waals surface area contributed by atoms with E-state index in [9.17, 15) is 9.59 Å². The monoisotopic (exact) mass is 587 g/mol. The normalized spacial score (nSPS) is 11.0. The van der Waals surface area contributed by atoms with Crippen LogP contribution in [0.4, 0.5) is 0 Å². The Morgan fingerprint density at radius 1 is 1.07 bits per heavy atom. The predicted octanol–water partition coefficient (Wildman–Crippen LogP) is 5.13. The van der Waals surface area contributed by atoms with Gasteiger partial charge in [0.2, 0.25) is 0 Å². The van der Waals surface area contributed by atoms with Crippen molar-refractivity contribution in [3.8, 4) is 5.75 Å². The van der Waals surface area contributed by atoms with E-state index in [1.54, 1.807) is 11.7 Å². The van der Waals surface area contributed by atoms with Crippen molar-refractivity contribution in [2.45, 2.75) is 17.8 Å². The predicted molar refractivity (Wildman–Crippen MR) is 125 cm³/mol. The Morgan fingerprint density at radius 3 is 2.37 bits per heavy atom.